The van der Waals surface area contributed by atoms with Crippen molar-refractivity contribution >= 4 is 43.4 Å². The van der Waals surface area contributed by atoms with Gasteiger partial charge >= 0.3 is 0 Å². The first-order valence-corrected chi connectivity index (χ1v) is 14.0. The highest BCUT2D eigenvalue weighted by Crippen LogP contribution is 2.43. The van der Waals surface area contributed by atoms with Crippen molar-refractivity contribution in [2.75, 3.05) is 0 Å². The number of hydrogen-bond donors (Lipinski definition) is 0. The van der Waals surface area contributed by atoms with Gasteiger partial charge in [0.15, 0.2) is 0 Å². The van der Waals surface area contributed by atoms with Gasteiger partial charge in [-0.3, -0.25) is 4.98 Å². The minimum absolute atomic E-state index is 0.647. The van der Waals surface area contributed by atoms with Gasteiger partial charge in [0.25, 0.3) is 0 Å². The van der Waals surface area contributed by atoms with Crippen molar-refractivity contribution in [3.05, 3.63) is 145 Å². The van der Waals surface area contributed by atoms with Crippen LogP contribution < -0.4 is 0 Å². The molecule has 0 spiro atoms. The van der Waals surface area contributed by atoms with Gasteiger partial charge in [0.2, 0.25) is 0 Å². The van der Waals surface area contributed by atoms with Crippen molar-refractivity contribution in [1.29, 1.82) is 5.26 Å². The van der Waals surface area contributed by atoms with Gasteiger partial charge in [-0.2, -0.15) is 5.26 Å². The van der Waals surface area contributed by atoms with Gasteiger partial charge in [-0.15, -0.1) is 0 Å². The summed E-state index contributed by atoms with van der Waals surface area (Å²) >= 11 is 0. The second kappa shape index (κ2) is 9.66. The average molecular weight is 534 g/mol. The van der Waals surface area contributed by atoms with Crippen molar-refractivity contribution < 1.29 is 0 Å². The number of benzene rings is 6. The van der Waals surface area contributed by atoms with Gasteiger partial charge in [-0.25, -0.2) is 4.98 Å². The molecule has 0 saturated heterocycles. The highest BCUT2D eigenvalue weighted by atomic mass is 14.8. The van der Waals surface area contributed by atoms with Crippen molar-refractivity contribution in [2.45, 2.75) is 0 Å². The summed E-state index contributed by atoms with van der Waals surface area (Å²) in [6, 6.07) is 48.6. The van der Waals surface area contributed by atoms with Crippen molar-refractivity contribution in [3.8, 4) is 39.6 Å². The van der Waals surface area contributed by atoms with Gasteiger partial charge in [0, 0.05) is 22.5 Å². The molecule has 0 aliphatic carbocycles. The Labute approximate surface area is 243 Å². The van der Waals surface area contributed by atoms with E-state index in [-0.39, 0.29) is 0 Å². The lowest BCUT2D eigenvalue weighted by Gasteiger charge is -2.18. The van der Waals surface area contributed by atoms with Crippen LogP contribution in [0, 0.1) is 11.3 Å². The Hall–Kier alpha value is -5.85. The molecule has 8 rings (SSSR count). The largest absolute Gasteiger partial charge is 0.254 e. The topological polar surface area (TPSA) is 49.6 Å². The number of fused-ring (bicyclic) bond motifs is 5. The third-order valence-electron chi connectivity index (χ3n) is 8.12. The monoisotopic (exact) mass is 533 g/mol. The molecule has 6 aromatic carbocycles. The molecule has 0 radical (unpaired) electrons. The molecule has 194 valence electrons. The van der Waals surface area contributed by atoms with Gasteiger partial charge < -0.3 is 0 Å². The molecule has 2 heterocycles. The number of pyridine rings is 2. The second-order valence-corrected chi connectivity index (χ2v) is 10.6. The van der Waals surface area contributed by atoms with E-state index in [2.05, 4.69) is 109 Å². The van der Waals surface area contributed by atoms with E-state index in [1.54, 1.807) is 0 Å². The van der Waals surface area contributed by atoms with Crippen LogP contribution in [0.25, 0.3) is 76.9 Å². The summed E-state index contributed by atoms with van der Waals surface area (Å²) in [5, 5.41) is 16.2. The zero-order valence-electron chi connectivity index (χ0n) is 22.6. The van der Waals surface area contributed by atoms with E-state index in [0.717, 1.165) is 66.1 Å². The van der Waals surface area contributed by atoms with Gasteiger partial charge in [-0.05, 0) is 80.2 Å². The third-order valence-corrected chi connectivity index (χ3v) is 8.12. The van der Waals surface area contributed by atoms with E-state index in [9.17, 15) is 5.26 Å². The lowest BCUT2D eigenvalue weighted by molar-refractivity contribution is 1.37. The minimum atomic E-state index is 0.647. The standard InChI is InChI=1S/C39H23N3/c40-24-25-11-13-27(14-12-25)34-22-30-7-1-2-8-31(30)23-35(34)33-19-17-26-6-3-4-10-32(26)37(33)36-20-18-29-16-15-28-9-5-21-41-38(28)39(29)42-36/h1-23H. The molecule has 0 saturated carbocycles. The Morgan fingerprint density at radius 3 is 1.93 bits per heavy atom. The Kier molecular flexibility index (Phi) is 5.52. The lowest BCUT2D eigenvalue weighted by Crippen LogP contribution is -1.94. The second-order valence-electron chi connectivity index (χ2n) is 10.6. The summed E-state index contributed by atoms with van der Waals surface area (Å²) in [5.74, 6) is 0. The molecular formula is C39H23N3. The number of hydrogen-bond acceptors (Lipinski definition) is 3. The third kappa shape index (κ3) is 3.90. The summed E-state index contributed by atoms with van der Waals surface area (Å²) in [5.41, 5.74) is 8.86. The molecule has 0 atom stereocenters. The maximum absolute atomic E-state index is 9.42. The quantitative estimate of drug-likeness (QED) is 0.212. The highest BCUT2D eigenvalue weighted by Gasteiger charge is 2.18. The summed E-state index contributed by atoms with van der Waals surface area (Å²) in [6.45, 7) is 0. The molecule has 0 aliphatic heterocycles. The first-order valence-electron chi connectivity index (χ1n) is 14.0. The molecular weight excluding hydrogens is 510 g/mol. The Morgan fingerprint density at radius 2 is 1.14 bits per heavy atom. The number of aromatic nitrogens is 2. The number of nitrogens with zero attached hydrogens (tertiary/aromatic N) is 3. The van der Waals surface area contributed by atoms with E-state index in [0.29, 0.717) is 5.56 Å². The minimum Gasteiger partial charge on any atom is -0.254 e. The molecule has 0 bridgehead atoms. The fourth-order valence-corrected chi connectivity index (χ4v) is 6.06. The molecule has 8 aromatic rings. The summed E-state index contributed by atoms with van der Waals surface area (Å²) in [7, 11) is 0. The van der Waals surface area contributed by atoms with E-state index in [1.807, 2.05) is 36.5 Å². The zero-order chi connectivity index (χ0) is 28.0. The molecule has 0 fully saturated rings. The van der Waals surface area contributed by atoms with Crippen LogP contribution in [0.3, 0.4) is 0 Å². The van der Waals surface area contributed by atoms with Crippen molar-refractivity contribution in [1.82, 2.24) is 9.97 Å². The fraction of sp³-hybridized carbons (Fsp3) is 0. The van der Waals surface area contributed by atoms with E-state index in [4.69, 9.17) is 9.97 Å². The lowest BCUT2D eigenvalue weighted by atomic mass is 9.86. The van der Waals surface area contributed by atoms with Crippen LogP contribution in [0.1, 0.15) is 5.56 Å². The summed E-state index contributed by atoms with van der Waals surface area (Å²) < 4.78 is 0. The van der Waals surface area contributed by atoms with Crippen LogP contribution in [0.2, 0.25) is 0 Å². The molecule has 0 N–H and O–H groups in total. The molecule has 42 heavy (non-hydrogen) atoms. The Balaban J connectivity index is 1.47. The zero-order valence-corrected chi connectivity index (χ0v) is 22.6. The van der Waals surface area contributed by atoms with Crippen molar-refractivity contribution in [2.24, 2.45) is 0 Å². The summed E-state index contributed by atoms with van der Waals surface area (Å²) in [4.78, 5) is 10.0. The summed E-state index contributed by atoms with van der Waals surface area (Å²) in [6.07, 6.45) is 1.83. The van der Waals surface area contributed by atoms with Crippen LogP contribution >= 0.6 is 0 Å². The first kappa shape index (κ1) is 24.0. The van der Waals surface area contributed by atoms with Gasteiger partial charge in [-0.1, -0.05) is 97.1 Å². The molecule has 2 aromatic heterocycles. The van der Waals surface area contributed by atoms with E-state index >= 15 is 0 Å². The van der Waals surface area contributed by atoms with Gasteiger partial charge in [0.1, 0.15) is 0 Å². The van der Waals surface area contributed by atoms with Crippen molar-refractivity contribution in [3.63, 3.8) is 0 Å². The predicted octanol–water partition coefficient (Wildman–Crippen LogP) is 9.96. The van der Waals surface area contributed by atoms with E-state index in [1.165, 1.54) is 10.8 Å². The molecule has 3 nitrogen and oxygen atoms in total. The number of nitriles is 1. The number of rotatable bonds is 3. The maximum Gasteiger partial charge on any atom is 0.0991 e. The molecule has 0 unspecified atom stereocenters. The molecule has 0 amide bonds. The van der Waals surface area contributed by atoms with E-state index < -0.39 is 0 Å². The predicted molar refractivity (Wildman–Crippen MR) is 173 cm³/mol. The highest BCUT2D eigenvalue weighted by molar-refractivity contribution is 6.09. The van der Waals surface area contributed by atoms with Crippen LogP contribution in [-0.4, -0.2) is 9.97 Å². The molecule has 0 aliphatic rings. The fourth-order valence-electron chi connectivity index (χ4n) is 6.06. The van der Waals surface area contributed by atoms with Crippen LogP contribution in [-0.2, 0) is 0 Å². The Morgan fingerprint density at radius 1 is 0.500 bits per heavy atom. The smallest absolute Gasteiger partial charge is 0.0991 e. The first-order chi connectivity index (χ1) is 20.8. The normalized spacial score (nSPS) is 11.3. The maximum atomic E-state index is 9.42. The van der Waals surface area contributed by atoms with Crippen LogP contribution in [0.5, 0.6) is 0 Å². The average Bonchev–Trinajstić information content (AvgIpc) is 3.07. The molecule has 3 heteroatoms. The van der Waals surface area contributed by atoms with Crippen LogP contribution in [0.4, 0.5) is 0 Å². The SMILES string of the molecule is N#Cc1ccc(-c2cc3ccccc3cc2-c2ccc3ccccc3c2-c2ccc3ccc4cccnc4c3n2)cc1. The van der Waals surface area contributed by atoms with Crippen LogP contribution in [0.15, 0.2) is 140 Å². The Bertz CT molecular complexity index is 2360. The van der Waals surface area contributed by atoms with Gasteiger partial charge in [0.05, 0.1) is 28.4 Å².